The molecule has 0 aliphatic heterocycles. The van der Waals surface area contributed by atoms with Gasteiger partial charge in [0.1, 0.15) is 12.4 Å². The lowest BCUT2D eigenvalue weighted by Crippen LogP contribution is -2.37. The zero-order valence-electron chi connectivity index (χ0n) is 13.7. The number of hydrogen-bond acceptors (Lipinski definition) is 4. The number of rotatable bonds is 7. The van der Waals surface area contributed by atoms with Gasteiger partial charge in [0.2, 0.25) is 0 Å². The Labute approximate surface area is 140 Å². The quantitative estimate of drug-likeness (QED) is 0.790. The van der Waals surface area contributed by atoms with Gasteiger partial charge in [-0.05, 0) is 37.1 Å². The molecule has 2 rings (SSSR count). The molecular weight excluding hydrogens is 308 g/mol. The van der Waals surface area contributed by atoms with Crippen LogP contribution in [0, 0.1) is 0 Å². The zero-order chi connectivity index (χ0) is 17.6. The Hall–Kier alpha value is -2.82. The first-order valence-electron chi connectivity index (χ1n) is 7.58. The molecular formula is C19H20O5. The van der Waals surface area contributed by atoms with Crippen molar-refractivity contribution in [2.24, 2.45) is 0 Å². The lowest BCUT2D eigenvalue weighted by Gasteiger charge is -2.21. The summed E-state index contributed by atoms with van der Waals surface area (Å²) < 4.78 is 10.6. The molecule has 0 aliphatic carbocycles. The summed E-state index contributed by atoms with van der Waals surface area (Å²) in [6.07, 6.45) is 0.148. The van der Waals surface area contributed by atoms with E-state index in [-0.39, 0.29) is 19.0 Å². The van der Waals surface area contributed by atoms with Crippen molar-refractivity contribution in [1.82, 2.24) is 0 Å². The number of carbonyl (C=O) groups is 2. The van der Waals surface area contributed by atoms with Crippen LogP contribution < -0.4 is 4.74 Å². The Morgan fingerprint density at radius 1 is 0.958 bits per heavy atom. The van der Waals surface area contributed by atoms with E-state index in [2.05, 4.69) is 0 Å². The van der Waals surface area contributed by atoms with Gasteiger partial charge in [-0.3, -0.25) is 4.79 Å². The minimum Gasteiger partial charge on any atom is -0.478 e. The van der Waals surface area contributed by atoms with E-state index < -0.39 is 11.6 Å². The van der Waals surface area contributed by atoms with Gasteiger partial charge < -0.3 is 14.6 Å². The van der Waals surface area contributed by atoms with Crippen molar-refractivity contribution in [2.45, 2.75) is 32.5 Å². The topological polar surface area (TPSA) is 72.8 Å². The van der Waals surface area contributed by atoms with E-state index in [0.717, 1.165) is 11.1 Å². The molecule has 0 fully saturated rings. The summed E-state index contributed by atoms with van der Waals surface area (Å²) in [4.78, 5) is 22.9. The van der Waals surface area contributed by atoms with E-state index in [0.29, 0.717) is 5.75 Å². The van der Waals surface area contributed by atoms with Gasteiger partial charge >= 0.3 is 11.9 Å². The van der Waals surface area contributed by atoms with Crippen molar-refractivity contribution in [1.29, 1.82) is 0 Å². The van der Waals surface area contributed by atoms with Gasteiger partial charge in [0, 0.05) is 0 Å². The van der Waals surface area contributed by atoms with Crippen molar-refractivity contribution in [2.75, 3.05) is 0 Å². The third-order valence-electron chi connectivity index (χ3n) is 3.40. The molecule has 2 aromatic rings. The lowest BCUT2D eigenvalue weighted by molar-refractivity contribution is -0.152. The number of carboxylic acid groups (broad SMARTS) is 1. The van der Waals surface area contributed by atoms with Gasteiger partial charge in [-0.25, -0.2) is 4.79 Å². The van der Waals surface area contributed by atoms with Crippen LogP contribution in [0.3, 0.4) is 0 Å². The van der Waals surface area contributed by atoms with E-state index in [1.807, 2.05) is 30.3 Å². The number of benzene rings is 2. The average Bonchev–Trinajstić information content (AvgIpc) is 2.55. The van der Waals surface area contributed by atoms with E-state index in [4.69, 9.17) is 14.6 Å². The standard InChI is InChI=1S/C19H20O5/c1-19(2,18(21)22)24-16-10-8-14(9-11-16)12-17(20)23-13-15-6-4-3-5-7-15/h3-11H,12-13H2,1-2H3,(H,21,22). The van der Waals surface area contributed by atoms with Crippen LogP contribution in [0.5, 0.6) is 5.75 Å². The summed E-state index contributed by atoms with van der Waals surface area (Å²) in [5, 5.41) is 9.04. The lowest BCUT2D eigenvalue weighted by atomic mass is 10.1. The van der Waals surface area contributed by atoms with Gasteiger partial charge in [0.15, 0.2) is 5.60 Å². The maximum Gasteiger partial charge on any atom is 0.347 e. The fourth-order valence-electron chi connectivity index (χ4n) is 1.97. The Bertz CT molecular complexity index is 689. The predicted octanol–water partition coefficient (Wildman–Crippen LogP) is 3.21. The molecule has 126 valence electrons. The summed E-state index contributed by atoms with van der Waals surface area (Å²) in [6.45, 7) is 3.20. The van der Waals surface area contributed by atoms with E-state index in [9.17, 15) is 9.59 Å². The second-order valence-corrected chi connectivity index (χ2v) is 5.88. The molecule has 0 bridgehead atoms. The molecule has 0 heterocycles. The molecule has 0 aliphatic rings. The van der Waals surface area contributed by atoms with E-state index >= 15 is 0 Å². The predicted molar refractivity (Wildman–Crippen MR) is 88.7 cm³/mol. The number of ether oxygens (including phenoxy) is 2. The van der Waals surface area contributed by atoms with Crippen molar-refractivity contribution >= 4 is 11.9 Å². The molecule has 1 N–H and O–H groups in total. The Morgan fingerprint density at radius 3 is 2.17 bits per heavy atom. The van der Waals surface area contributed by atoms with Crippen LogP contribution in [0.25, 0.3) is 0 Å². The Balaban J connectivity index is 1.87. The smallest absolute Gasteiger partial charge is 0.347 e. The van der Waals surface area contributed by atoms with Crippen molar-refractivity contribution in [3.8, 4) is 5.75 Å². The fourth-order valence-corrected chi connectivity index (χ4v) is 1.97. The number of carbonyl (C=O) groups excluding carboxylic acids is 1. The number of esters is 1. The molecule has 0 radical (unpaired) electrons. The van der Waals surface area contributed by atoms with Crippen molar-refractivity contribution in [3.05, 3.63) is 65.7 Å². The van der Waals surface area contributed by atoms with Crippen LogP contribution in [0.15, 0.2) is 54.6 Å². The van der Waals surface area contributed by atoms with Gasteiger partial charge in [0.25, 0.3) is 0 Å². The van der Waals surface area contributed by atoms with Crippen LogP contribution in [-0.4, -0.2) is 22.6 Å². The van der Waals surface area contributed by atoms with Gasteiger partial charge in [-0.1, -0.05) is 42.5 Å². The molecule has 0 saturated carbocycles. The first-order valence-corrected chi connectivity index (χ1v) is 7.58. The summed E-state index contributed by atoms with van der Waals surface area (Å²) in [5.41, 5.74) is 0.398. The molecule has 0 amide bonds. The number of hydrogen-bond donors (Lipinski definition) is 1. The molecule has 5 nitrogen and oxygen atoms in total. The minimum atomic E-state index is -1.31. The van der Waals surface area contributed by atoms with Crippen LogP contribution in [-0.2, 0) is 27.4 Å². The first kappa shape index (κ1) is 17.5. The van der Waals surface area contributed by atoms with Crippen LogP contribution in [0.2, 0.25) is 0 Å². The van der Waals surface area contributed by atoms with E-state index in [1.165, 1.54) is 13.8 Å². The highest BCUT2D eigenvalue weighted by Crippen LogP contribution is 2.19. The number of carboxylic acids is 1. The second kappa shape index (κ2) is 7.64. The minimum absolute atomic E-state index is 0.148. The molecule has 0 saturated heterocycles. The van der Waals surface area contributed by atoms with Crippen LogP contribution in [0.4, 0.5) is 0 Å². The third kappa shape index (κ3) is 5.12. The highest BCUT2D eigenvalue weighted by atomic mass is 16.5. The zero-order valence-corrected chi connectivity index (χ0v) is 13.7. The molecule has 0 atom stereocenters. The largest absolute Gasteiger partial charge is 0.478 e. The molecule has 5 heteroatoms. The highest BCUT2D eigenvalue weighted by molar-refractivity contribution is 5.76. The molecule has 0 unspecified atom stereocenters. The van der Waals surface area contributed by atoms with Crippen LogP contribution >= 0.6 is 0 Å². The maximum absolute atomic E-state index is 11.9. The monoisotopic (exact) mass is 328 g/mol. The normalized spacial score (nSPS) is 10.9. The van der Waals surface area contributed by atoms with Crippen molar-refractivity contribution < 1.29 is 24.2 Å². The molecule has 0 spiro atoms. The average molecular weight is 328 g/mol. The SMILES string of the molecule is CC(C)(Oc1ccc(CC(=O)OCc2ccccc2)cc1)C(=O)O. The number of aliphatic carboxylic acids is 1. The van der Waals surface area contributed by atoms with Gasteiger partial charge in [-0.15, -0.1) is 0 Å². The summed E-state index contributed by atoms with van der Waals surface area (Å²) >= 11 is 0. The fraction of sp³-hybridized carbons (Fsp3) is 0.263. The summed E-state index contributed by atoms with van der Waals surface area (Å²) in [7, 11) is 0. The van der Waals surface area contributed by atoms with Crippen LogP contribution in [0.1, 0.15) is 25.0 Å². The second-order valence-electron chi connectivity index (χ2n) is 5.88. The summed E-state index contributed by atoms with van der Waals surface area (Å²) in [5.74, 6) is -0.932. The first-order chi connectivity index (χ1) is 11.4. The van der Waals surface area contributed by atoms with Gasteiger partial charge in [-0.2, -0.15) is 0 Å². The van der Waals surface area contributed by atoms with Crippen molar-refractivity contribution in [3.63, 3.8) is 0 Å². The Morgan fingerprint density at radius 2 is 1.58 bits per heavy atom. The highest BCUT2D eigenvalue weighted by Gasteiger charge is 2.29. The molecule has 2 aromatic carbocycles. The molecule has 0 aromatic heterocycles. The Kier molecular flexibility index (Phi) is 5.58. The summed E-state index contributed by atoms with van der Waals surface area (Å²) in [6, 6.07) is 16.2. The van der Waals surface area contributed by atoms with E-state index in [1.54, 1.807) is 24.3 Å². The molecule has 24 heavy (non-hydrogen) atoms. The third-order valence-corrected chi connectivity index (χ3v) is 3.40. The van der Waals surface area contributed by atoms with Gasteiger partial charge in [0.05, 0.1) is 6.42 Å². The maximum atomic E-state index is 11.9.